The van der Waals surface area contributed by atoms with E-state index in [1.54, 1.807) is 0 Å². The molecule has 5 heteroatoms. The maximum absolute atomic E-state index is 13.7. The molecule has 8 rings (SSSR count). The second-order valence-electron chi connectivity index (χ2n) is 10.9. The Bertz CT molecular complexity index is 1430. The van der Waals surface area contributed by atoms with Crippen LogP contribution in [-0.2, 0) is 16.1 Å². The number of carbonyl (C=O) groups is 2. The minimum atomic E-state index is -0.255. The summed E-state index contributed by atoms with van der Waals surface area (Å²) < 4.78 is 13.2. The Hall–Kier alpha value is -3.34. The number of hydrogen-bond donors (Lipinski definition) is 0. The van der Waals surface area contributed by atoms with Crippen molar-refractivity contribution >= 4 is 33.6 Å². The Morgan fingerprint density at radius 2 is 1.76 bits per heavy atom. The number of methoxy groups -OCH3 is 1. The van der Waals surface area contributed by atoms with E-state index in [9.17, 15) is 9.59 Å². The summed E-state index contributed by atoms with van der Waals surface area (Å²) in [5.74, 6) is 1.02. The predicted octanol–water partition coefficient (Wildman–Crippen LogP) is 6.13. The average molecular weight is 454 g/mol. The maximum Gasteiger partial charge on any atom is 0.311 e. The number of ketones is 1. The third kappa shape index (κ3) is 2.61. The molecule has 0 unspecified atom stereocenters. The summed E-state index contributed by atoms with van der Waals surface area (Å²) in [5.41, 5.74) is 2.63. The van der Waals surface area contributed by atoms with Crippen molar-refractivity contribution in [3.63, 3.8) is 0 Å². The summed E-state index contributed by atoms with van der Waals surface area (Å²) in [4.78, 5) is 25.9. The number of furan rings is 1. The van der Waals surface area contributed by atoms with Crippen LogP contribution in [0.3, 0.4) is 0 Å². The average Bonchev–Trinajstić information content (AvgIpc) is 3.25. The molecule has 2 aromatic carbocycles. The Morgan fingerprint density at radius 3 is 2.50 bits per heavy atom. The second kappa shape index (κ2) is 6.62. The number of ether oxygens (including phenoxy) is 1. The number of para-hydroxylation sites is 2. The zero-order valence-electron chi connectivity index (χ0n) is 19.3. The number of esters is 1. The minimum absolute atomic E-state index is 0.0651. The number of carbonyl (C=O) groups excluding carboxylic acids is 2. The van der Waals surface area contributed by atoms with Gasteiger partial charge in [0.2, 0.25) is 0 Å². The molecule has 0 atom stereocenters. The highest BCUT2D eigenvalue weighted by molar-refractivity contribution is 6.07. The van der Waals surface area contributed by atoms with E-state index in [4.69, 9.17) is 9.15 Å². The number of aromatic nitrogens is 1. The summed E-state index contributed by atoms with van der Waals surface area (Å²) >= 11 is 0. The molecule has 0 radical (unpaired) electrons. The lowest BCUT2D eigenvalue weighted by atomic mass is 9.30. The Kier molecular flexibility index (Phi) is 3.91. The van der Waals surface area contributed by atoms with Gasteiger partial charge in [-0.1, -0.05) is 30.3 Å². The molecule has 0 spiro atoms. The van der Waals surface area contributed by atoms with Gasteiger partial charge in [0.05, 0.1) is 24.6 Å². The van der Waals surface area contributed by atoms with E-state index in [-0.39, 0.29) is 28.0 Å². The van der Waals surface area contributed by atoms with Crippen LogP contribution in [0.1, 0.15) is 54.6 Å². The molecular weight excluding hydrogens is 426 g/mol. The second-order valence-corrected chi connectivity index (χ2v) is 10.9. The predicted molar refractivity (Wildman–Crippen MR) is 129 cm³/mol. The summed E-state index contributed by atoms with van der Waals surface area (Å²) in [5, 5.41) is 2.16. The normalized spacial score (nSPS) is 26.1. The quantitative estimate of drug-likeness (QED) is 0.249. The fourth-order valence-corrected chi connectivity index (χ4v) is 7.13. The van der Waals surface area contributed by atoms with Crippen LogP contribution >= 0.6 is 0 Å². The monoisotopic (exact) mass is 453 g/mol. The summed E-state index contributed by atoms with van der Waals surface area (Å²) in [6, 6.07) is 18.2. The number of fused-ring (bicyclic) bond motifs is 2. The SMILES string of the molecule is COC(=O)C12CC(C3(CC(=O)c4cccc5ccn(Cc6cc7ccccc7o6)c45)CC3)(C1)C2. The lowest BCUT2D eigenvalue weighted by molar-refractivity contribution is -0.251. The first-order chi connectivity index (χ1) is 16.5. The smallest absolute Gasteiger partial charge is 0.311 e. The van der Waals surface area contributed by atoms with Gasteiger partial charge < -0.3 is 13.7 Å². The number of rotatable bonds is 7. The van der Waals surface area contributed by atoms with Crippen molar-refractivity contribution < 1.29 is 18.7 Å². The third-order valence-electron chi connectivity index (χ3n) is 9.02. The first-order valence-electron chi connectivity index (χ1n) is 12.1. The van der Waals surface area contributed by atoms with E-state index in [0.29, 0.717) is 13.0 Å². The van der Waals surface area contributed by atoms with Gasteiger partial charge in [0.1, 0.15) is 11.3 Å². The Balaban J connectivity index is 1.16. The molecule has 2 aromatic heterocycles. The van der Waals surface area contributed by atoms with Gasteiger partial charge in [-0.05, 0) is 67.2 Å². The van der Waals surface area contributed by atoms with Gasteiger partial charge in [-0.3, -0.25) is 9.59 Å². The molecule has 2 heterocycles. The molecule has 4 aromatic rings. The molecule has 172 valence electrons. The lowest BCUT2D eigenvalue weighted by Crippen LogP contribution is -2.69. The molecule has 34 heavy (non-hydrogen) atoms. The molecule has 4 saturated carbocycles. The highest BCUT2D eigenvalue weighted by atomic mass is 16.5. The molecule has 4 aliphatic carbocycles. The van der Waals surface area contributed by atoms with Gasteiger partial charge in [0, 0.05) is 29.0 Å². The van der Waals surface area contributed by atoms with E-state index in [0.717, 1.165) is 65.3 Å². The van der Waals surface area contributed by atoms with Crippen LogP contribution in [0.15, 0.2) is 65.2 Å². The lowest BCUT2D eigenvalue weighted by Gasteiger charge is -2.72. The van der Waals surface area contributed by atoms with Crippen molar-refractivity contribution in [2.24, 2.45) is 16.2 Å². The fraction of sp³-hybridized carbons (Fsp3) is 0.379. The van der Waals surface area contributed by atoms with Crippen LogP contribution in [0.5, 0.6) is 0 Å². The summed E-state index contributed by atoms with van der Waals surface area (Å²) in [6.45, 7) is 0.583. The topological polar surface area (TPSA) is 61.4 Å². The Labute approximate surface area is 197 Å². The summed E-state index contributed by atoms with van der Waals surface area (Å²) in [7, 11) is 1.48. The molecule has 4 fully saturated rings. The zero-order valence-corrected chi connectivity index (χ0v) is 19.3. The fourth-order valence-electron chi connectivity index (χ4n) is 7.13. The highest BCUT2D eigenvalue weighted by Gasteiger charge is 2.80. The van der Waals surface area contributed by atoms with E-state index in [2.05, 4.69) is 28.8 Å². The van der Waals surface area contributed by atoms with Gasteiger partial charge in [-0.25, -0.2) is 0 Å². The van der Waals surface area contributed by atoms with Gasteiger partial charge in [-0.15, -0.1) is 0 Å². The molecular formula is C29H27NO4. The van der Waals surface area contributed by atoms with Crippen LogP contribution in [0.2, 0.25) is 0 Å². The zero-order chi connectivity index (χ0) is 23.1. The van der Waals surface area contributed by atoms with Crippen LogP contribution < -0.4 is 0 Å². The van der Waals surface area contributed by atoms with E-state index in [1.165, 1.54) is 7.11 Å². The van der Waals surface area contributed by atoms with Crippen molar-refractivity contribution in [1.29, 1.82) is 0 Å². The van der Waals surface area contributed by atoms with Crippen molar-refractivity contribution in [2.45, 2.75) is 45.1 Å². The van der Waals surface area contributed by atoms with Gasteiger partial charge >= 0.3 is 5.97 Å². The molecule has 0 aliphatic heterocycles. The first-order valence-corrected chi connectivity index (χ1v) is 12.1. The van der Waals surface area contributed by atoms with E-state index >= 15 is 0 Å². The van der Waals surface area contributed by atoms with Crippen molar-refractivity contribution in [3.05, 3.63) is 72.1 Å². The maximum atomic E-state index is 13.7. The number of benzene rings is 2. The van der Waals surface area contributed by atoms with Crippen LogP contribution in [-0.4, -0.2) is 23.4 Å². The first kappa shape index (κ1) is 20.1. The van der Waals surface area contributed by atoms with Crippen molar-refractivity contribution in [2.75, 3.05) is 7.11 Å². The van der Waals surface area contributed by atoms with Gasteiger partial charge in [0.15, 0.2) is 5.78 Å². The standard InChI is InChI=1S/C29H27NO4/c1-33-26(32)27-16-29(17-27,18-27)28(10-11-28)14-23(31)22-7-4-6-19-9-12-30(25(19)22)15-21-13-20-5-2-3-8-24(20)34-21/h2-9,12-13H,10-11,14-18H2,1H3. The summed E-state index contributed by atoms with van der Waals surface area (Å²) in [6.07, 6.45) is 7.48. The molecule has 5 nitrogen and oxygen atoms in total. The third-order valence-corrected chi connectivity index (χ3v) is 9.02. The van der Waals surface area contributed by atoms with Crippen LogP contribution in [0.4, 0.5) is 0 Å². The largest absolute Gasteiger partial charge is 0.469 e. The number of Topliss-reactive ketones (excluding diaryl/α,β-unsaturated/α-hetero) is 1. The molecule has 0 saturated heterocycles. The molecule has 0 N–H and O–H groups in total. The molecule has 0 amide bonds. The van der Waals surface area contributed by atoms with Crippen LogP contribution in [0, 0.1) is 16.2 Å². The Morgan fingerprint density at radius 1 is 1.00 bits per heavy atom. The van der Waals surface area contributed by atoms with Crippen LogP contribution in [0.25, 0.3) is 21.9 Å². The molecule has 4 aliphatic rings. The van der Waals surface area contributed by atoms with Gasteiger partial charge in [-0.2, -0.15) is 0 Å². The van der Waals surface area contributed by atoms with E-state index < -0.39 is 0 Å². The van der Waals surface area contributed by atoms with Crippen molar-refractivity contribution in [1.82, 2.24) is 4.57 Å². The van der Waals surface area contributed by atoms with Crippen molar-refractivity contribution in [3.8, 4) is 0 Å². The number of nitrogens with zero attached hydrogens (tertiary/aromatic N) is 1. The number of hydrogen-bond acceptors (Lipinski definition) is 4. The highest BCUT2D eigenvalue weighted by Crippen LogP contribution is 2.85. The minimum Gasteiger partial charge on any atom is -0.469 e. The molecule has 2 bridgehead atoms. The van der Waals surface area contributed by atoms with Gasteiger partial charge in [0.25, 0.3) is 0 Å². The van der Waals surface area contributed by atoms with E-state index in [1.807, 2.05) is 36.5 Å².